The third kappa shape index (κ3) is 4.04. The topological polar surface area (TPSA) is 38.0 Å². The molecule has 2 aromatic carbocycles. The fourth-order valence-corrected chi connectivity index (χ4v) is 2.57. The average molecular weight is 293 g/mol. The van der Waals surface area contributed by atoms with E-state index in [4.69, 9.17) is 17.4 Å². The van der Waals surface area contributed by atoms with Gasteiger partial charge < -0.3 is 0 Å². The average Bonchev–Trinajstić information content (AvgIpc) is 2.46. The van der Waals surface area contributed by atoms with Crippen molar-refractivity contribution in [3.8, 4) is 0 Å². The summed E-state index contributed by atoms with van der Waals surface area (Å²) in [6, 6.07) is 14.6. The van der Waals surface area contributed by atoms with Gasteiger partial charge in [0.05, 0.1) is 0 Å². The first kappa shape index (κ1) is 15.0. The van der Waals surface area contributed by atoms with Crippen molar-refractivity contribution < 1.29 is 4.39 Å². The molecule has 106 valence electrons. The van der Waals surface area contributed by atoms with E-state index < -0.39 is 0 Å². The van der Waals surface area contributed by atoms with E-state index in [-0.39, 0.29) is 11.9 Å². The van der Waals surface area contributed by atoms with Crippen molar-refractivity contribution in [3.63, 3.8) is 0 Å². The van der Waals surface area contributed by atoms with Gasteiger partial charge in [0, 0.05) is 11.1 Å². The predicted molar refractivity (Wildman–Crippen MR) is 80.9 cm³/mol. The molecular formula is C16H18ClFN2. The van der Waals surface area contributed by atoms with Gasteiger partial charge in [-0.2, -0.15) is 0 Å². The standard InChI is InChI=1S/C16H18ClFN2/c17-15-11-13(18)9-10-14(15)16(20-19)8-4-7-12-5-2-1-3-6-12/h1-3,5-6,9-11,16,20H,4,7-8,19H2. The van der Waals surface area contributed by atoms with Gasteiger partial charge in [-0.05, 0) is 42.5 Å². The Bertz CT molecular complexity index is 545. The van der Waals surface area contributed by atoms with E-state index in [1.54, 1.807) is 6.07 Å². The SMILES string of the molecule is NNC(CCCc1ccccc1)c1ccc(F)cc1Cl. The Balaban J connectivity index is 1.95. The zero-order valence-corrected chi connectivity index (χ0v) is 11.9. The number of nitrogens with one attached hydrogen (secondary N) is 1. The Morgan fingerprint density at radius 1 is 1.15 bits per heavy atom. The van der Waals surface area contributed by atoms with Gasteiger partial charge in [-0.15, -0.1) is 0 Å². The van der Waals surface area contributed by atoms with Crippen LogP contribution in [0.1, 0.15) is 30.0 Å². The van der Waals surface area contributed by atoms with Crippen molar-refractivity contribution in [2.75, 3.05) is 0 Å². The smallest absolute Gasteiger partial charge is 0.124 e. The number of hydrogen-bond donors (Lipinski definition) is 2. The number of rotatable bonds is 6. The molecule has 0 heterocycles. The van der Waals surface area contributed by atoms with Gasteiger partial charge in [-0.25, -0.2) is 4.39 Å². The number of benzene rings is 2. The maximum Gasteiger partial charge on any atom is 0.124 e. The van der Waals surface area contributed by atoms with Gasteiger partial charge >= 0.3 is 0 Å². The molecule has 0 amide bonds. The summed E-state index contributed by atoms with van der Waals surface area (Å²) in [4.78, 5) is 0. The Hall–Kier alpha value is -1.42. The summed E-state index contributed by atoms with van der Waals surface area (Å²) < 4.78 is 13.1. The zero-order valence-electron chi connectivity index (χ0n) is 11.2. The predicted octanol–water partition coefficient (Wildman–Crippen LogP) is 4.01. The second-order valence-electron chi connectivity index (χ2n) is 4.76. The van der Waals surface area contributed by atoms with Crippen LogP contribution in [0.2, 0.25) is 5.02 Å². The van der Waals surface area contributed by atoms with Crippen LogP contribution in [0, 0.1) is 5.82 Å². The van der Waals surface area contributed by atoms with Crippen LogP contribution in [0.25, 0.3) is 0 Å². The lowest BCUT2D eigenvalue weighted by atomic mass is 9.99. The minimum Gasteiger partial charge on any atom is -0.271 e. The third-order valence-corrected chi connectivity index (χ3v) is 3.67. The van der Waals surface area contributed by atoms with Gasteiger partial charge in [0.1, 0.15) is 5.82 Å². The van der Waals surface area contributed by atoms with Crippen LogP contribution in [-0.2, 0) is 6.42 Å². The van der Waals surface area contributed by atoms with Crippen molar-refractivity contribution in [3.05, 3.63) is 70.5 Å². The largest absolute Gasteiger partial charge is 0.271 e. The third-order valence-electron chi connectivity index (χ3n) is 3.34. The van der Waals surface area contributed by atoms with Crippen LogP contribution >= 0.6 is 11.6 Å². The van der Waals surface area contributed by atoms with E-state index in [2.05, 4.69) is 17.6 Å². The summed E-state index contributed by atoms with van der Waals surface area (Å²) in [6.07, 6.45) is 2.81. The molecule has 3 N–H and O–H groups in total. The van der Waals surface area contributed by atoms with Crippen molar-refractivity contribution in [1.82, 2.24) is 5.43 Å². The van der Waals surface area contributed by atoms with E-state index in [0.29, 0.717) is 5.02 Å². The van der Waals surface area contributed by atoms with Crippen LogP contribution in [-0.4, -0.2) is 0 Å². The molecule has 0 radical (unpaired) electrons. The summed E-state index contributed by atoms with van der Waals surface area (Å²) in [5.74, 6) is 5.25. The molecule has 0 spiro atoms. The van der Waals surface area contributed by atoms with E-state index in [0.717, 1.165) is 24.8 Å². The lowest BCUT2D eigenvalue weighted by Crippen LogP contribution is -2.28. The molecule has 2 aromatic rings. The minimum absolute atomic E-state index is 0.0631. The van der Waals surface area contributed by atoms with E-state index in [9.17, 15) is 4.39 Å². The van der Waals surface area contributed by atoms with Crippen LogP contribution in [0.3, 0.4) is 0 Å². The highest BCUT2D eigenvalue weighted by molar-refractivity contribution is 6.31. The molecule has 0 aliphatic carbocycles. The molecule has 0 fully saturated rings. The number of aryl methyl sites for hydroxylation is 1. The van der Waals surface area contributed by atoms with Gasteiger partial charge in [0.2, 0.25) is 0 Å². The molecule has 2 rings (SSSR count). The number of hydrazine groups is 1. The van der Waals surface area contributed by atoms with Crippen molar-refractivity contribution in [1.29, 1.82) is 0 Å². The summed E-state index contributed by atoms with van der Waals surface area (Å²) >= 11 is 6.06. The quantitative estimate of drug-likeness (QED) is 0.624. The van der Waals surface area contributed by atoms with Crippen LogP contribution in [0.5, 0.6) is 0 Å². The maximum absolute atomic E-state index is 13.1. The highest BCUT2D eigenvalue weighted by Gasteiger charge is 2.13. The van der Waals surface area contributed by atoms with E-state index in [1.165, 1.54) is 17.7 Å². The molecule has 1 unspecified atom stereocenters. The Morgan fingerprint density at radius 2 is 1.90 bits per heavy atom. The first-order valence-electron chi connectivity index (χ1n) is 6.65. The molecule has 0 saturated carbocycles. The Morgan fingerprint density at radius 3 is 2.55 bits per heavy atom. The van der Waals surface area contributed by atoms with Crippen molar-refractivity contribution >= 4 is 11.6 Å². The summed E-state index contributed by atoms with van der Waals surface area (Å²) in [7, 11) is 0. The van der Waals surface area contributed by atoms with Gasteiger partial charge in [-0.3, -0.25) is 11.3 Å². The molecule has 0 aliphatic rings. The van der Waals surface area contributed by atoms with Crippen LogP contribution in [0.15, 0.2) is 48.5 Å². The van der Waals surface area contributed by atoms with Gasteiger partial charge in [0.25, 0.3) is 0 Å². The van der Waals surface area contributed by atoms with Gasteiger partial charge in [-0.1, -0.05) is 48.0 Å². The molecule has 2 nitrogen and oxygen atoms in total. The normalized spacial score (nSPS) is 12.3. The maximum atomic E-state index is 13.1. The molecule has 1 atom stereocenters. The molecule has 4 heteroatoms. The minimum atomic E-state index is -0.334. The monoisotopic (exact) mass is 292 g/mol. The Labute approximate surface area is 123 Å². The molecule has 20 heavy (non-hydrogen) atoms. The molecule has 0 bridgehead atoms. The molecule has 0 saturated heterocycles. The zero-order chi connectivity index (χ0) is 14.4. The highest BCUT2D eigenvalue weighted by atomic mass is 35.5. The second kappa shape index (κ2) is 7.39. The fourth-order valence-electron chi connectivity index (χ4n) is 2.27. The summed E-state index contributed by atoms with van der Waals surface area (Å²) in [5.41, 5.74) is 4.89. The second-order valence-corrected chi connectivity index (χ2v) is 5.17. The first-order valence-corrected chi connectivity index (χ1v) is 7.03. The van der Waals surface area contributed by atoms with Crippen molar-refractivity contribution in [2.24, 2.45) is 5.84 Å². The number of nitrogens with two attached hydrogens (primary N) is 1. The lowest BCUT2D eigenvalue weighted by Gasteiger charge is -2.17. The summed E-state index contributed by atoms with van der Waals surface area (Å²) in [5, 5.41) is 0.410. The molecule has 0 aromatic heterocycles. The first-order chi connectivity index (χ1) is 9.70. The number of hydrogen-bond acceptors (Lipinski definition) is 2. The van der Waals surface area contributed by atoms with E-state index in [1.807, 2.05) is 18.2 Å². The fraction of sp³-hybridized carbons (Fsp3) is 0.250. The Kier molecular flexibility index (Phi) is 5.53. The highest BCUT2D eigenvalue weighted by Crippen LogP contribution is 2.26. The summed E-state index contributed by atoms with van der Waals surface area (Å²) in [6.45, 7) is 0. The molecular weight excluding hydrogens is 275 g/mol. The van der Waals surface area contributed by atoms with E-state index >= 15 is 0 Å². The van der Waals surface area contributed by atoms with Crippen LogP contribution < -0.4 is 11.3 Å². The van der Waals surface area contributed by atoms with Gasteiger partial charge in [0.15, 0.2) is 0 Å². The van der Waals surface area contributed by atoms with Crippen molar-refractivity contribution in [2.45, 2.75) is 25.3 Å². The van der Waals surface area contributed by atoms with Crippen LogP contribution in [0.4, 0.5) is 4.39 Å². The number of halogens is 2. The molecule has 0 aliphatic heterocycles. The lowest BCUT2D eigenvalue weighted by molar-refractivity contribution is 0.497.